The van der Waals surface area contributed by atoms with Crippen LogP contribution in [0.1, 0.15) is 13.8 Å². The number of hydrogen-bond acceptors (Lipinski definition) is 4. The highest BCUT2D eigenvalue weighted by molar-refractivity contribution is 9.10. The van der Waals surface area contributed by atoms with Crippen molar-refractivity contribution in [3.63, 3.8) is 0 Å². The van der Waals surface area contributed by atoms with Crippen LogP contribution in [0.2, 0.25) is 0 Å². The van der Waals surface area contributed by atoms with Gasteiger partial charge >= 0.3 is 0 Å². The molecule has 2 aromatic carbocycles. The third-order valence-electron chi connectivity index (χ3n) is 2.74. The van der Waals surface area contributed by atoms with Gasteiger partial charge in [-0.1, -0.05) is 15.9 Å². The number of nitrogens with two attached hydrogens (primary N) is 1. The molecule has 4 nitrogen and oxygen atoms in total. The second-order valence-corrected chi connectivity index (χ2v) is 5.84. The molecule has 112 valence electrons. The molecule has 5 heteroatoms. The Morgan fingerprint density at radius 3 is 2.57 bits per heavy atom. The lowest BCUT2D eigenvalue weighted by Crippen LogP contribution is -2.06. The Labute approximate surface area is 133 Å². The van der Waals surface area contributed by atoms with Gasteiger partial charge < -0.3 is 20.5 Å². The zero-order valence-electron chi connectivity index (χ0n) is 12.3. The molecule has 0 saturated heterocycles. The SMILES string of the molecule is COc1ccc(Br)cc1Nc1cc(N)cc(OC(C)C)c1. The standard InChI is InChI=1S/C16H19BrN2O2/c1-10(2)21-14-8-12(18)7-13(9-14)19-15-6-11(17)4-5-16(15)20-3/h4-10,19H,18H2,1-3H3. The predicted octanol–water partition coefficient (Wildman–Crippen LogP) is 4.57. The minimum absolute atomic E-state index is 0.0973. The summed E-state index contributed by atoms with van der Waals surface area (Å²) in [4.78, 5) is 0. The van der Waals surface area contributed by atoms with E-state index in [1.165, 1.54) is 0 Å². The Morgan fingerprint density at radius 2 is 1.90 bits per heavy atom. The molecule has 0 fully saturated rings. The van der Waals surface area contributed by atoms with E-state index in [9.17, 15) is 0 Å². The van der Waals surface area contributed by atoms with E-state index in [4.69, 9.17) is 15.2 Å². The van der Waals surface area contributed by atoms with Gasteiger partial charge in [0.15, 0.2) is 0 Å². The molecule has 0 bridgehead atoms. The number of methoxy groups -OCH3 is 1. The lowest BCUT2D eigenvalue weighted by molar-refractivity contribution is 0.242. The van der Waals surface area contributed by atoms with Crippen molar-refractivity contribution in [2.75, 3.05) is 18.2 Å². The van der Waals surface area contributed by atoms with Gasteiger partial charge in [-0.25, -0.2) is 0 Å². The van der Waals surface area contributed by atoms with Crippen LogP contribution in [-0.2, 0) is 0 Å². The average molecular weight is 351 g/mol. The molecule has 0 aliphatic rings. The number of ether oxygens (including phenoxy) is 2. The molecule has 21 heavy (non-hydrogen) atoms. The van der Waals surface area contributed by atoms with Crippen LogP contribution in [0, 0.1) is 0 Å². The molecule has 3 N–H and O–H groups in total. The van der Waals surface area contributed by atoms with E-state index in [1.54, 1.807) is 7.11 Å². The molecule has 0 atom stereocenters. The molecule has 0 spiro atoms. The van der Waals surface area contributed by atoms with Crippen LogP contribution in [0.4, 0.5) is 17.1 Å². The fourth-order valence-electron chi connectivity index (χ4n) is 1.97. The lowest BCUT2D eigenvalue weighted by Gasteiger charge is -2.15. The Hall–Kier alpha value is -1.88. The monoisotopic (exact) mass is 350 g/mol. The minimum atomic E-state index is 0.0973. The van der Waals surface area contributed by atoms with Gasteiger partial charge in [0.1, 0.15) is 11.5 Å². The maximum atomic E-state index is 5.93. The van der Waals surface area contributed by atoms with Crippen LogP contribution in [0.3, 0.4) is 0 Å². The van der Waals surface area contributed by atoms with E-state index in [-0.39, 0.29) is 6.10 Å². The maximum absolute atomic E-state index is 5.93. The quantitative estimate of drug-likeness (QED) is 0.775. The van der Waals surface area contributed by atoms with Crippen LogP contribution in [-0.4, -0.2) is 13.2 Å². The summed E-state index contributed by atoms with van der Waals surface area (Å²) in [5.74, 6) is 1.49. The van der Waals surface area contributed by atoms with Crippen LogP contribution < -0.4 is 20.5 Å². The summed E-state index contributed by atoms with van der Waals surface area (Å²) < 4.78 is 12.0. The highest BCUT2D eigenvalue weighted by atomic mass is 79.9. The van der Waals surface area contributed by atoms with Crippen LogP contribution in [0.5, 0.6) is 11.5 Å². The van der Waals surface area contributed by atoms with Crippen molar-refractivity contribution in [2.24, 2.45) is 0 Å². The van der Waals surface area contributed by atoms with E-state index in [1.807, 2.05) is 50.2 Å². The van der Waals surface area contributed by atoms with E-state index in [0.29, 0.717) is 5.69 Å². The Balaban J connectivity index is 2.31. The molecule has 0 unspecified atom stereocenters. The summed E-state index contributed by atoms with van der Waals surface area (Å²) in [5.41, 5.74) is 8.28. The van der Waals surface area contributed by atoms with E-state index in [0.717, 1.165) is 27.3 Å². The van der Waals surface area contributed by atoms with Crippen molar-refractivity contribution >= 4 is 33.0 Å². The smallest absolute Gasteiger partial charge is 0.142 e. The number of rotatable bonds is 5. The molecule has 0 radical (unpaired) electrons. The second kappa shape index (κ2) is 6.72. The molecule has 0 aromatic heterocycles. The fourth-order valence-corrected chi connectivity index (χ4v) is 2.33. The number of nitrogens with one attached hydrogen (secondary N) is 1. The van der Waals surface area contributed by atoms with Gasteiger partial charge in [0.25, 0.3) is 0 Å². The number of anilines is 3. The summed E-state index contributed by atoms with van der Waals surface area (Å²) in [6.45, 7) is 3.96. The van der Waals surface area contributed by atoms with Gasteiger partial charge in [0, 0.05) is 28.0 Å². The molecule has 2 aromatic rings. The molecule has 0 aliphatic heterocycles. The van der Waals surface area contributed by atoms with Crippen molar-refractivity contribution in [2.45, 2.75) is 20.0 Å². The number of halogens is 1. The normalized spacial score (nSPS) is 10.5. The number of benzene rings is 2. The summed E-state index contributed by atoms with van der Waals surface area (Å²) in [6, 6.07) is 11.3. The Kier molecular flexibility index (Phi) is 4.96. The third-order valence-corrected chi connectivity index (χ3v) is 3.23. The van der Waals surface area contributed by atoms with Gasteiger partial charge in [-0.15, -0.1) is 0 Å². The van der Waals surface area contributed by atoms with Crippen LogP contribution >= 0.6 is 15.9 Å². The number of hydrogen-bond donors (Lipinski definition) is 2. The van der Waals surface area contributed by atoms with E-state index < -0.39 is 0 Å². The van der Waals surface area contributed by atoms with Crippen molar-refractivity contribution in [1.29, 1.82) is 0 Å². The second-order valence-electron chi connectivity index (χ2n) is 4.93. The molecule has 0 aliphatic carbocycles. The summed E-state index contributed by atoms with van der Waals surface area (Å²) in [5, 5.41) is 3.30. The molecular formula is C16H19BrN2O2. The fraction of sp³-hybridized carbons (Fsp3) is 0.250. The van der Waals surface area contributed by atoms with Crippen molar-refractivity contribution in [1.82, 2.24) is 0 Å². The molecule has 2 rings (SSSR count). The Bertz CT molecular complexity index is 630. The van der Waals surface area contributed by atoms with Crippen LogP contribution in [0.25, 0.3) is 0 Å². The molecule has 0 amide bonds. The minimum Gasteiger partial charge on any atom is -0.495 e. The summed E-state index contributed by atoms with van der Waals surface area (Å²) in [7, 11) is 1.64. The zero-order chi connectivity index (χ0) is 15.4. The van der Waals surface area contributed by atoms with Crippen molar-refractivity contribution < 1.29 is 9.47 Å². The highest BCUT2D eigenvalue weighted by Gasteiger charge is 2.07. The van der Waals surface area contributed by atoms with Crippen LogP contribution in [0.15, 0.2) is 40.9 Å². The van der Waals surface area contributed by atoms with Crippen molar-refractivity contribution in [3.05, 3.63) is 40.9 Å². The molecule has 0 saturated carbocycles. The van der Waals surface area contributed by atoms with E-state index >= 15 is 0 Å². The highest BCUT2D eigenvalue weighted by Crippen LogP contribution is 2.32. The predicted molar refractivity (Wildman–Crippen MR) is 90.6 cm³/mol. The first kappa shape index (κ1) is 15.5. The van der Waals surface area contributed by atoms with Gasteiger partial charge in [-0.3, -0.25) is 0 Å². The molecular weight excluding hydrogens is 332 g/mol. The zero-order valence-corrected chi connectivity index (χ0v) is 13.9. The summed E-state index contributed by atoms with van der Waals surface area (Å²) in [6.07, 6.45) is 0.0973. The van der Waals surface area contributed by atoms with E-state index in [2.05, 4.69) is 21.2 Å². The maximum Gasteiger partial charge on any atom is 0.142 e. The van der Waals surface area contributed by atoms with Gasteiger partial charge in [-0.05, 0) is 38.1 Å². The largest absolute Gasteiger partial charge is 0.495 e. The topological polar surface area (TPSA) is 56.5 Å². The van der Waals surface area contributed by atoms with Crippen molar-refractivity contribution in [3.8, 4) is 11.5 Å². The average Bonchev–Trinajstić information content (AvgIpc) is 2.37. The first-order valence-corrected chi connectivity index (χ1v) is 7.45. The first-order chi connectivity index (χ1) is 9.97. The van der Waals surface area contributed by atoms with Gasteiger partial charge in [0.2, 0.25) is 0 Å². The molecule has 0 heterocycles. The summed E-state index contributed by atoms with van der Waals surface area (Å²) >= 11 is 3.46. The van der Waals surface area contributed by atoms with Gasteiger partial charge in [-0.2, -0.15) is 0 Å². The lowest BCUT2D eigenvalue weighted by atomic mass is 10.2. The third kappa shape index (κ3) is 4.29. The van der Waals surface area contributed by atoms with Gasteiger partial charge in [0.05, 0.1) is 18.9 Å². The number of nitrogen functional groups attached to an aromatic ring is 1. The first-order valence-electron chi connectivity index (χ1n) is 6.65. The Morgan fingerprint density at radius 1 is 1.14 bits per heavy atom.